The van der Waals surface area contributed by atoms with Crippen LogP contribution in [0.2, 0.25) is 0 Å². The van der Waals surface area contributed by atoms with Gasteiger partial charge in [-0.05, 0) is 62.7 Å². The molecule has 2 aliphatic heterocycles. The first-order chi connectivity index (χ1) is 10.7. The van der Waals surface area contributed by atoms with E-state index in [0.29, 0.717) is 0 Å². The fourth-order valence-electron chi connectivity index (χ4n) is 4.30. The molecule has 0 unspecified atom stereocenters. The normalized spacial score (nSPS) is 26.3. The average molecular weight is 296 g/mol. The standard InChI is InChI=1S/C19H24N2O/c1-20-12-9-16(10-13-20)19(22)17-6-3-2-5-15(17)8-14-21-11-4-7-18(19)21/h2-7,11,16,22H,8-10,12-14H2,1H3/t19-/m0/s1. The highest BCUT2D eigenvalue weighted by Crippen LogP contribution is 2.44. The van der Waals surface area contributed by atoms with Gasteiger partial charge in [0.15, 0.2) is 0 Å². The van der Waals surface area contributed by atoms with Crippen molar-refractivity contribution >= 4 is 0 Å². The minimum Gasteiger partial charge on any atom is -0.379 e. The molecule has 0 amide bonds. The number of rotatable bonds is 1. The number of aryl methyl sites for hydroxylation is 2. The Morgan fingerprint density at radius 2 is 1.82 bits per heavy atom. The van der Waals surface area contributed by atoms with E-state index in [2.05, 4.69) is 59.1 Å². The van der Waals surface area contributed by atoms with Crippen molar-refractivity contribution in [3.05, 3.63) is 59.4 Å². The second kappa shape index (κ2) is 5.25. The molecule has 0 spiro atoms. The van der Waals surface area contributed by atoms with Gasteiger partial charge < -0.3 is 14.6 Å². The van der Waals surface area contributed by atoms with Gasteiger partial charge in [-0.3, -0.25) is 0 Å². The fourth-order valence-corrected chi connectivity index (χ4v) is 4.30. The Morgan fingerprint density at radius 1 is 1.05 bits per heavy atom. The van der Waals surface area contributed by atoms with E-state index < -0.39 is 5.60 Å². The molecule has 0 radical (unpaired) electrons. The molecule has 116 valence electrons. The van der Waals surface area contributed by atoms with Crippen LogP contribution in [0.5, 0.6) is 0 Å². The second-order valence-electron chi connectivity index (χ2n) is 6.84. The van der Waals surface area contributed by atoms with Crippen LogP contribution in [0.25, 0.3) is 0 Å². The second-order valence-corrected chi connectivity index (χ2v) is 6.84. The van der Waals surface area contributed by atoms with Crippen LogP contribution in [0.1, 0.15) is 29.7 Å². The lowest BCUT2D eigenvalue weighted by molar-refractivity contribution is -0.0160. The predicted molar refractivity (Wildman–Crippen MR) is 87.8 cm³/mol. The summed E-state index contributed by atoms with van der Waals surface area (Å²) >= 11 is 0. The molecule has 2 aliphatic rings. The van der Waals surface area contributed by atoms with Gasteiger partial charge in [0.2, 0.25) is 0 Å². The number of piperidine rings is 1. The van der Waals surface area contributed by atoms with E-state index in [1.54, 1.807) is 0 Å². The number of fused-ring (bicyclic) bond motifs is 2. The van der Waals surface area contributed by atoms with Crippen LogP contribution in [0.3, 0.4) is 0 Å². The van der Waals surface area contributed by atoms with E-state index in [4.69, 9.17) is 0 Å². The topological polar surface area (TPSA) is 28.4 Å². The number of hydrogen-bond acceptors (Lipinski definition) is 2. The molecule has 3 heterocycles. The third-order valence-electron chi connectivity index (χ3n) is 5.58. The first-order valence-electron chi connectivity index (χ1n) is 8.34. The zero-order valence-electron chi connectivity index (χ0n) is 13.2. The van der Waals surface area contributed by atoms with Crippen LogP contribution in [0.4, 0.5) is 0 Å². The summed E-state index contributed by atoms with van der Waals surface area (Å²) in [5.74, 6) is 0.289. The predicted octanol–water partition coefficient (Wildman–Crippen LogP) is 2.62. The molecule has 3 heteroatoms. The van der Waals surface area contributed by atoms with E-state index >= 15 is 0 Å². The van der Waals surface area contributed by atoms with Crippen molar-refractivity contribution in [2.24, 2.45) is 5.92 Å². The lowest BCUT2D eigenvalue weighted by Gasteiger charge is -2.41. The summed E-state index contributed by atoms with van der Waals surface area (Å²) in [6.07, 6.45) is 5.20. The van der Waals surface area contributed by atoms with E-state index in [1.165, 1.54) is 5.56 Å². The van der Waals surface area contributed by atoms with Crippen LogP contribution in [0, 0.1) is 5.92 Å². The summed E-state index contributed by atoms with van der Waals surface area (Å²) in [7, 11) is 2.17. The molecule has 3 nitrogen and oxygen atoms in total. The van der Waals surface area contributed by atoms with Gasteiger partial charge in [0, 0.05) is 18.7 Å². The molecular formula is C19H24N2O. The molecule has 1 aromatic carbocycles. The lowest BCUT2D eigenvalue weighted by atomic mass is 9.73. The number of hydrogen-bond donors (Lipinski definition) is 1. The number of aromatic nitrogens is 1. The molecule has 4 rings (SSSR count). The molecule has 0 saturated carbocycles. The monoisotopic (exact) mass is 296 g/mol. The smallest absolute Gasteiger partial charge is 0.133 e. The van der Waals surface area contributed by atoms with Gasteiger partial charge in [-0.25, -0.2) is 0 Å². The first-order valence-corrected chi connectivity index (χ1v) is 8.34. The number of benzene rings is 1. The first kappa shape index (κ1) is 14.0. The van der Waals surface area contributed by atoms with Gasteiger partial charge in [0.05, 0.1) is 5.69 Å². The molecule has 0 bridgehead atoms. The molecule has 1 aromatic heterocycles. The maximum absolute atomic E-state index is 11.9. The summed E-state index contributed by atoms with van der Waals surface area (Å²) in [5.41, 5.74) is 2.65. The minimum absolute atomic E-state index is 0.289. The van der Waals surface area contributed by atoms with E-state index in [1.807, 2.05) is 0 Å². The Hall–Kier alpha value is -1.58. The van der Waals surface area contributed by atoms with Crippen LogP contribution in [-0.2, 0) is 18.6 Å². The van der Waals surface area contributed by atoms with E-state index in [0.717, 1.165) is 50.2 Å². The molecule has 1 atom stereocenters. The third kappa shape index (κ3) is 2.03. The Morgan fingerprint density at radius 3 is 2.64 bits per heavy atom. The fraction of sp³-hybridized carbons (Fsp3) is 0.474. The van der Waals surface area contributed by atoms with Crippen molar-refractivity contribution in [1.82, 2.24) is 9.47 Å². The van der Waals surface area contributed by atoms with Gasteiger partial charge in [0.1, 0.15) is 5.60 Å². The maximum atomic E-state index is 11.9. The van der Waals surface area contributed by atoms with Crippen molar-refractivity contribution < 1.29 is 5.11 Å². The largest absolute Gasteiger partial charge is 0.379 e. The van der Waals surface area contributed by atoms with Gasteiger partial charge in [0.25, 0.3) is 0 Å². The van der Waals surface area contributed by atoms with Crippen molar-refractivity contribution in [1.29, 1.82) is 0 Å². The zero-order chi connectivity index (χ0) is 15.2. The molecule has 1 saturated heterocycles. The van der Waals surface area contributed by atoms with Gasteiger partial charge in [-0.1, -0.05) is 24.3 Å². The Bertz CT molecular complexity index is 670. The van der Waals surface area contributed by atoms with Crippen molar-refractivity contribution in [2.45, 2.75) is 31.4 Å². The number of likely N-dealkylation sites (tertiary alicyclic amines) is 1. The summed E-state index contributed by atoms with van der Waals surface area (Å²) in [4.78, 5) is 2.36. The Labute approximate surface area is 132 Å². The molecule has 1 fully saturated rings. The third-order valence-corrected chi connectivity index (χ3v) is 5.58. The lowest BCUT2D eigenvalue weighted by Crippen LogP contribution is -2.44. The average Bonchev–Trinajstić information content (AvgIpc) is 2.98. The van der Waals surface area contributed by atoms with Gasteiger partial charge in [-0.15, -0.1) is 0 Å². The highest BCUT2D eigenvalue weighted by molar-refractivity contribution is 5.42. The van der Waals surface area contributed by atoms with E-state index in [9.17, 15) is 5.11 Å². The minimum atomic E-state index is -0.849. The highest BCUT2D eigenvalue weighted by atomic mass is 16.3. The molecule has 22 heavy (non-hydrogen) atoms. The van der Waals surface area contributed by atoms with Crippen LogP contribution < -0.4 is 0 Å². The number of aliphatic hydroxyl groups is 1. The van der Waals surface area contributed by atoms with Crippen LogP contribution in [0.15, 0.2) is 42.6 Å². The SMILES string of the molecule is CN1CCC([C@]2(O)c3ccccc3CCn3cccc32)CC1. The summed E-state index contributed by atoms with van der Waals surface area (Å²) in [5, 5.41) is 11.9. The van der Waals surface area contributed by atoms with Crippen LogP contribution in [-0.4, -0.2) is 34.7 Å². The quantitative estimate of drug-likeness (QED) is 0.876. The van der Waals surface area contributed by atoms with Crippen molar-refractivity contribution in [2.75, 3.05) is 20.1 Å². The van der Waals surface area contributed by atoms with Crippen molar-refractivity contribution in [3.8, 4) is 0 Å². The molecule has 0 aliphatic carbocycles. The number of nitrogens with zero attached hydrogens (tertiary/aromatic N) is 2. The summed E-state index contributed by atoms with van der Waals surface area (Å²) < 4.78 is 2.25. The van der Waals surface area contributed by atoms with Crippen molar-refractivity contribution in [3.63, 3.8) is 0 Å². The summed E-state index contributed by atoms with van der Waals surface area (Å²) in [6, 6.07) is 12.7. The summed E-state index contributed by atoms with van der Waals surface area (Å²) in [6.45, 7) is 3.08. The molecule has 1 N–H and O–H groups in total. The molecular weight excluding hydrogens is 272 g/mol. The highest BCUT2D eigenvalue weighted by Gasteiger charge is 2.45. The van der Waals surface area contributed by atoms with Crippen LogP contribution >= 0.6 is 0 Å². The van der Waals surface area contributed by atoms with E-state index in [-0.39, 0.29) is 5.92 Å². The molecule has 2 aromatic rings. The Kier molecular flexibility index (Phi) is 3.35. The maximum Gasteiger partial charge on any atom is 0.133 e. The Balaban J connectivity index is 1.86. The van der Waals surface area contributed by atoms with Gasteiger partial charge in [-0.2, -0.15) is 0 Å². The van der Waals surface area contributed by atoms with Gasteiger partial charge >= 0.3 is 0 Å². The zero-order valence-corrected chi connectivity index (χ0v) is 13.2.